The molecular formula is C25H23NO4. The molecule has 0 bridgehead atoms. The summed E-state index contributed by atoms with van der Waals surface area (Å²) in [6, 6.07) is 23.5. The van der Waals surface area contributed by atoms with E-state index in [1.807, 2.05) is 42.5 Å². The van der Waals surface area contributed by atoms with Crippen LogP contribution in [0.5, 0.6) is 0 Å². The van der Waals surface area contributed by atoms with Crippen molar-refractivity contribution in [3.8, 4) is 11.1 Å². The van der Waals surface area contributed by atoms with Crippen LogP contribution in [0.15, 0.2) is 78.9 Å². The second-order valence-electron chi connectivity index (χ2n) is 7.17. The van der Waals surface area contributed by atoms with Gasteiger partial charge in [-0.3, -0.25) is 9.59 Å². The highest BCUT2D eigenvalue weighted by atomic mass is 16.5. The molecule has 0 saturated heterocycles. The molecule has 0 radical (unpaired) electrons. The lowest BCUT2D eigenvalue weighted by Crippen LogP contribution is -2.18. The summed E-state index contributed by atoms with van der Waals surface area (Å²) in [7, 11) is 0. The SMILES string of the molecule is CC(C)C(=O)Nc1cccc(C(=O)OCC(=O)c2ccc(-c3ccccc3)cc2)c1. The minimum Gasteiger partial charge on any atom is -0.454 e. The lowest BCUT2D eigenvalue weighted by atomic mass is 10.0. The van der Waals surface area contributed by atoms with Gasteiger partial charge in [0.05, 0.1) is 5.56 Å². The zero-order chi connectivity index (χ0) is 21.5. The summed E-state index contributed by atoms with van der Waals surface area (Å²) in [5, 5.41) is 2.73. The number of ketones is 1. The fraction of sp³-hybridized carbons (Fsp3) is 0.160. The van der Waals surface area contributed by atoms with Crippen LogP contribution in [-0.2, 0) is 9.53 Å². The van der Waals surface area contributed by atoms with Gasteiger partial charge in [0.15, 0.2) is 12.4 Å². The molecule has 1 N–H and O–H groups in total. The Kier molecular flexibility index (Phi) is 6.75. The van der Waals surface area contributed by atoms with Crippen molar-refractivity contribution < 1.29 is 19.1 Å². The predicted molar refractivity (Wildman–Crippen MR) is 116 cm³/mol. The maximum Gasteiger partial charge on any atom is 0.338 e. The van der Waals surface area contributed by atoms with Crippen molar-refractivity contribution in [2.75, 3.05) is 11.9 Å². The summed E-state index contributed by atoms with van der Waals surface area (Å²) in [5.41, 5.74) is 3.31. The Morgan fingerprint density at radius 2 is 1.47 bits per heavy atom. The van der Waals surface area contributed by atoms with Crippen molar-refractivity contribution in [3.05, 3.63) is 90.0 Å². The van der Waals surface area contributed by atoms with Gasteiger partial charge < -0.3 is 10.1 Å². The maximum atomic E-state index is 12.4. The quantitative estimate of drug-likeness (QED) is 0.447. The fourth-order valence-electron chi connectivity index (χ4n) is 2.79. The number of rotatable bonds is 7. The van der Waals surface area contributed by atoms with Crippen molar-refractivity contribution in [1.82, 2.24) is 0 Å². The van der Waals surface area contributed by atoms with E-state index < -0.39 is 5.97 Å². The number of ether oxygens (including phenoxy) is 1. The van der Waals surface area contributed by atoms with Gasteiger partial charge in [-0.15, -0.1) is 0 Å². The Hall–Kier alpha value is -3.73. The molecular weight excluding hydrogens is 378 g/mol. The van der Waals surface area contributed by atoms with Gasteiger partial charge in [-0.05, 0) is 29.3 Å². The van der Waals surface area contributed by atoms with E-state index in [-0.39, 0.29) is 29.8 Å². The van der Waals surface area contributed by atoms with Gasteiger partial charge in [-0.25, -0.2) is 4.79 Å². The molecule has 5 nitrogen and oxygen atoms in total. The third-order valence-corrected chi connectivity index (χ3v) is 4.54. The van der Waals surface area contributed by atoms with E-state index in [1.165, 1.54) is 6.07 Å². The molecule has 152 valence electrons. The van der Waals surface area contributed by atoms with E-state index >= 15 is 0 Å². The lowest BCUT2D eigenvalue weighted by molar-refractivity contribution is -0.118. The third-order valence-electron chi connectivity index (χ3n) is 4.54. The molecule has 0 aliphatic heterocycles. The first kappa shape index (κ1) is 21.0. The fourth-order valence-corrected chi connectivity index (χ4v) is 2.79. The van der Waals surface area contributed by atoms with Crippen molar-refractivity contribution in [3.63, 3.8) is 0 Å². The van der Waals surface area contributed by atoms with E-state index in [0.29, 0.717) is 11.3 Å². The predicted octanol–water partition coefficient (Wildman–Crippen LogP) is 4.99. The molecule has 3 aromatic rings. The Morgan fingerprint density at radius 3 is 2.13 bits per heavy atom. The third kappa shape index (κ3) is 5.41. The van der Waals surface area contributed by atoms with Crippen LogP contribution in [-0.4, -0.2) is 24.3 Å². The molecule has 1 amide bonds. The number of carbonyl (C=O) groups excluding carboxylic acids is 3. The molecule has 3 aromatic carbocycles. The molecule has 0 spiro atoms. The van der Waals surface area contributed by atoms with Gasteiger partial charge in [-0.1, -0.05) is 74.5 Å². The normalized spacial score (nSPS) is 10.5. The molecule has 5 heteroatoms. The van der Waals surface area contributed by atoms with Crippen LogP contribution >= 0.6 is 0 Å². The molecule has 0 aromatic heterocycles. The van der Waals surface area contributed by atoms with Crippen LogP contribution in [0.4, 0.5) is 5.69 Å². The summed E-state index contributed by atoms with van der Waals surface area (Å²) >= 11 is 0. The first-order valence-electron chi connectivity index (χ1n) is 9.71. The highest BCUT2D eigenvalue weighted by Gasteiger charge is 2.14. The van der Waals surface area contributed by atoms with Crippen molar-refractivity contribution in [1.29, 1.82) is 0 Å². The van der Waals surface area contributed by atoms with Gasteiger partial charge in [0, 0.05) is 17.2 Å². The number of amides is 1. The van der Waals surface area contributed by atoms with Gasteiger partial charge in [-0.2, -0.15) is 0 Å². The lowest BCUT2D eigenvalue weighted by Gasteiger charge is -2.09. The van der Waals surface area contributed by atoms with Crippen LogP contribution in [0, 0.1) is 5.92 Å². The summed E-state index contributed by atoms with van der Waals surface area (Å²) < 4.78 is 5.17. The first-order chi connectivity index (χ1) is 14.4. The summed E-state index contributed by atoms with van der Waals surface area (Å²) in [5.74, 6) is -1.22. The van der Waals surface area contributed by atoms with E-state index in [4.69, 9.17) is 4.74 Å². The number of Topliss-reactive ketones (excluding diaryl/α,β-unsaturated/α-hetero) is 1. The summed E-state index contributed by atoms with van der Waals surface area (Å²) in [6.45, 7) is 3.21. The summed E-state index contributed by atoms with van der Waals surface area (Å²) in [4.78, 5) is 36.5. The Balaban J connectivity index is 1.59. The number of nitrogens with one attached hydrogen (secondary N) is 1. The van der Waals surface area contributed by atoms with Gasteiger partial charge >= 0.3 is 5.97 Å². The standard InChI is InChI=1S/C25H23NO4/c1-17(2)24(28)26-22-10-6-9-21(15-22)25(29)30-16-23(27)20-13-11-19(12-14-20)18-7-4-3-5-8-18/h3-15,17H,16H2,1-2H3,(H,26,28). The molecule has 0 aliphatic rings. The van der Waals surface area contributed by atoms with Gasteiger partial charge in [0.2, 0.25) is 5.91 Å². The minimum atomic E-state index is -0.620. The van der Waals surface area contributed by atoms with E-state index in [1.54, 1.807) is 44.2 Å². The first-order valence-corrected chi connectivity index (χ1v) is 9.71. The second-order valence-corrected chi connectivity index (χ2v) is 7.17. The van der Waals surface area contributed by atoms with Crippen LogP contribution in [0.25, 0.3) is 11.1 Å². The highest BCUT2D eigenvalue weighted by molar-refractivity contribution is 6.00. The zero-order valence-electron chi connectivity index (χ0n) is 16.9. The molecule has 30 heavy (non-hydrogen) atoms. The van der Waals surface area contributed by atoms with Crippen molar-refractivity contribution in [2.24, 2.45) is 5.92 Å². The minimum absolute atomic E-state index is 0.144. The molecule has 0 unspecified atom stereocenters. The molecule has 0 fully saturated rings. The number of hydrogen-bond acceptors (Lipinski definition) is 4. The highest BCUT2D eigenvalue weighted by Crippen LogP contribution is 2.19. The van der Waals surface area contributed by atoms with Crippen LogP contribution in [0.3, 0.4) is 0 Å². The molecule has 0 heterocycles. The van der Waals surface area contributed by atoms with E-state index in [9.17, 15) is 14.4 Å². The number of carbonyl (C=O) groups is 3. The monoisotopic (exact) mass is 401 g/mol. The van der Waals surface area contributed by atoms with Crippen LogP contribution < -0.4 is 5.32 Å². The van der Waals surface area contributed by atoms with E-state index in [2.05, 4.69) is 5.32 Å². The number of benzene rings is 3. The smallest absolute Gasteiger partial charge is 0.338 e. The molecule has 0 saturated carbocycles. The second kappa shape index (κ2) is 9.65. The largest absolute Gasteiger partial charge is 0.454 e. The van der Waals surface area contributed by atoms with Crippen molar-refractivity contribution in [2.45, 2.75) is 13.8 Å². The topological polar surface area (TPSA) is 72.5 Å². The summed E-state index contributed by atoms with van der Waals surface area (Å²) in [6.07, 6.45) is 0. The maximum absolute atomic E-state index is 12.4. The Morgan fingerprint density at radius 1 is 0.800 bits per heavy atom. The molecule has 0 atom stereocenters. The number of anilines is 1. The van der Waals surface area contributed by atoms with Crippen LogP contribution in [0.2, 0.25) is 0 Å². The molecule has 3 rings (SSSR count). The average Bonchev–Trinajstić information content (AvgIpc) is 2.78. The van der Waals surface area contributed by atoms with Crippen molar-refractivity contribution >= 4 is 23.3 Å². The number of esters is 1. The van der Waals surface area contributed by atoms with Gasteiger partial charge in [0.25, 0.3) is 0 Å². The Bertz CT molecular complexity index is 1040. The number of hydrogen-bond donors (Lipinski definition) is 1. The van der Waals surface area contributed by atoms with Gasteiger partial charge in [0.1, 0.15) is 0 Å². The Labute approximate surface area is 175 Å². The average molecular weight is 401 g/mol. The van der Waals surface area contributed by atoms with E-state index in [0.717, 1.165) is 11.1 Å². The van der Waals surface area contributed by atoms with Crippen LogP contribution in [0.1, 0.15) is 34.6 Å². The zero-order valence-corrected chi connectivity index (χ0v) is 16.9. The molecule has 0 aliphatic carbocycles.